The number of hydrogen-bond donors (Lipinski definition) is 2. The van der Waals surface area contributed by atoms with Gasteiger partial charge in [-0.15, -0.1) is 11.3 Å². The predicted octanol–water partition coefficient (Wildman–Crippen LogP) is 3.69. The number of amides is 2. The molecule has 2 rings (SSSR count). The standard InChI is InChI=1S/C16H19N3O2S/c1-10(2)8-14(20)18-13-6-4-12(5-7-13)15(21)19-16-17-11(3)9-22-16/h4-7,9-10H,8H2,1-3H3,(H,18,20)(H,17,19,21). The Kier molecular flexibility index (Phi) is 5.27. The van der Waals surface area contributed by atoms with Crippen molar-refractivity contribution in [2.75, 3.05) is 10.6 Å². The van der Waals surface area contributed by atoms with E-state index in [1.165, 1.54) is 11.3 Å². The van der Waals surface area contributed by atoms with E-state index < -0.39 is 0 Å². The minimum absolute atomic E-state index is 0.0227. The maximum absolute atomic E-state index is 12.1. The fourth-order valence-corrected chi connectivity index (χ4v) is 2.55. The SMILES string of the molecule is Cc1csc(NC(=O)c2ccc(NC(=O)CC(C)C)cc2)n1. The summed E-state index contributed by atoms with van der Waals surface area (Å²) in [5.74, 6) is 0.0756. The number of carbonyl (C=O) groups excluding carboxylic acids is 2. The van der Waals surface area contributed by atoms with Crippen LogP contribution in [-0.2, 0) is 4.79 Å². The Morgan fingerprint density at radius 2 is 1.86 bits per heavy atom. The van der Waals surface area contributed by atoms with Crippen molar-refractivity contribution >= 4 is 34.0 Å². The molecule has 5 nitrogen and oxygen atoms in total. The van der Waals surface area contributed by atoms with Gasteiger partial charge in [0.15, 0.2) is 5.13 Å². The largest absolute Gasteiger partial charge is 0.326 e. The van der Waals surface area contributed by atoms with E-state index in [1.54, 1.807) is 24.3 Å². The molecule has 0 radical (unpaired) electrons. The number of rotatable bonds is 5. The van der Waals surface area contributed by atoms with Crippen LogP contribution < -0.4 is 10.6 Å². The molecule has 0 aliphatic carbocycles. The molecular weight excluding hydrogens is 298 g/mol. The number of carbonyl (C=O) groups is 2. The molecule has 116 valence electrons. The molecule has 0 spiro atoms. The average molecular weight is 317 g/mol. The summed E-state index contributed by atoms with van der Waals surface area (Å²) in [6, 6.07) is 6.81. The first-order valence-corrected chi connectivity index (χ1v) is 7.95. The van der Waals surface area contributed by atoms with Crippen LogP contribution in [0.25, 0.3) is 0 Å². The molecule has 2 amide bonds. The highest BCUT2D eigenvalue weighted by molar-refractivity contribution is 7.13. The van der Waals surface area contributed by atoms with Crippen molar-refractivity contribution in [3.8, 4) is 0 Å². The number of nitrogens with one attached hydrogen (secondary N) is 2. The molecule has 2 aromatic rings. The smallest absolute Gasteiger partial charge is 0.257 e. The summed E-state index contributed by atoms with van der Waals surface area (Å²) < 4.78 is 0. The highest BCUT2D eigenvalue weighted by Crippen LogP contribution is 2.17. The van der Waals surface area contributed by atoms with Crippen LogP contribution in [0.3, 0.4) is 0 Å². The number of thiazole rings is 1. The maximum atomic E-state index is 12.1. The van der Waals surface area contributed by atoms with E-state index in [-0.39, 0.29) is 11.8 Å². The normalized spacial score (nSPS) is 10.5. The van der Waals surface area contributed by atoms with Gasteiger partial charge in [0.1, 0.15) is 0 Å². The molecule has 2 N–H and O–H groups in total. The highest BCUT2D eigenvalue weighted by atomic mass is 32.1. The molecule has 0 fully saturated rings. The van der Waals surface area contributed by atoms with E-state index in [9.17, 15) is 9.59 Å². The molecule has 1 aromatic heterocycles. The van der Waals surface area contributed by atoms with E-state index in [2.05, 4.69) is 15.6 Å². The van der Waals surface area contributed by atoms with E-state index in [1.807, 2.05) is 26.2 Å². The van der Waals surface area contributed by atoms with Crippen molar-refractivity contribution in [1.82, 2.24) is 4.98 Å². The molecule has 0 saturated carbocycles. The third-order valence-corrected chi connectivity index (χ3v) is 3.74. The van der Waals surface area contributed by atoms with Gasteiger partial charge in [0, 0.05) is 23.1 Å². The fourth-order valence-electron chi connectivity index (χ4n) is 1.87. The van der Waals surface area contributed by atoms with Gasteiger partial charge < -0.3 is 5.32 Å². The van der Waals surface area contributed by atoms with Gasteiger partial charge in [-0.3, -0.25) is 14.9 Å². The third kappa shape index (κ3) is 4.66. The van der Waals surface area contributed by atoms with Gasteiger partial charge in [0.25, 0.3) is 5.91 Å². The second kappa shape index (κ2) is 7.17. The average Bonchev–Trinajstić information content (AvgIpc) is 2.83. The lowest BCUT2D eigenvalue weighted by atomic mass is 10.1. The van der Waals surface area contributed by atoms with Crippen molar-refractivity contribution in [1.29, 1.82) is 0 Å². The summed E-state index contributed by atoms with van der Waals surface area (Å²) in [5, 5.41) is 8.02. The highest BCUT2D eigenvalue weighted by Gasteiger charge is 2.09. The zero-order valence-electron chi connectivity index (χ0n) is 12.8. The van der Waals surface area contributed by atoms with Crippen molar-refractivity contribution in [2.24, 2.45) is 5.92 Å². The molecular formula is C16H19N3O2S. The van der Waals surface area contributed by atoms with Crippen LogP contribution in [0.4, 0.5) is 10.8 Å². The van der Waals surface area contributed by atoms with Crippen LogP contribution in [0.1, 0.15) is 36.3 Å². The van der Waals surface area contributed by atoms with Crippen LogP contribution in [0.15, 0.2) is 29.6 Å². The lowest BCUT2D eigenvalue weighted by Gasteiger charge is -2.08. The van der Waals surface area contributed by atoms with Crippen LogP contribution in [0.5, 0.6) is 0 Å². The Morgan fingerprint density at radius 1 is 1.18 bits per heavy atom. The molecule has 6 heteroatoms. The Labute approximate surface area is 133 Å². The van der Waals surface area contributed by atoms with Crippen LogP contribution >= 0.6 is 11.3 Å². The number of benzene rings is 1. The van der Waals surface area contributed by atoms with Gasteiger partial charge in [-0.25, -0.2) is 4.98 Å². The summed E-state index contributed by atoms with van der Waals surface area (Å²) in [5.41, 5.74) is 2.09. The van der Waals surface area contributed by atoms with Gasteiger partial charge in [-0.1, -0.05) is 13.8 Å². The van der Waals surface area contributed by atoms with Crippen molar-refractivity contribution in [2.45, 2.75) is 27.2 Å². The van der Waals surface area contributed by atoms with Crippen molar-refractivity contribution in [3.63, 3.8) is 0 Å². The first-order valence-electron chi connectivity index (χ1n) is 7.07. The van der Waals surface area contributed by atoms with Gasteiger partial charge in [-0.05, 0) is 37.1 Å². The molecule has 0 bridgehead atoms. The molecule has 0 unspecified atom stereocenters. The topological polar surface area (TPSA) is 71.1 Å². The van der Waals surface area contributed by atoms with Gasteiger partial charge in [0.2, 0.25) is 5.91 Å². The fraction of sp³-hybridized carbons (Fsp3) is 0.312. The molecule has 0 aliphatic heterocycles. The summed E-state index contributed by atoms with van der Waals surface area (Å²) >= 11 is 1.39. The first-order chi connectivity index (χ1) is 10.4. The zero-order valence-corrected chi connectivity index (χ0v) is 13.7. The molecule has 0 atom stereocenters. The van der Waals surface area contributed by atoms with Gasteiger partial charge >= 0.3 is 0 Å². The molecule has 0 saturated heterocycles. The molecule has 0 aliphatic rings. The van der Waals surface area contributed by atoms with E-state index in [0.717, 1.165) is 5.69 Å². The maximum Gasteiger partial charge on any atom is 0.257 e. The summed E-state index contributed by atoms with van der Waals surface area (Å²) in [7, 11) is 0. The minimum atomic E-state index is -0.214. The summed E-state index contributed by atoms with van der Waals surface area (Å²) in [6.45, 7) is 5.86. The van der Waals surface area contributed by atoms with Crippen LogP contribution in [-0.4, -0.2) is 16.8 Å². The second-order valence-corrected chi connectivity index (χ2v) is 6.33. The summed E-state index contributed by atoms with van der Waals surface area (Å²) in [4.78, 5) is 27.9. The number of anilines is 2. The molecule has 1 aromatic carbocycles. The van der Waals surface area contributed by atoms with Gasteiger partial charge in [0.05, 0.1) is 5.69 Å². The lowest BCUT2D eigenvalue weighted by molar-refractivity contribution is -0.116. The monoisotopic (exact) mass is 317 g/mol. The van der Waals surface area contributed by atoms with E-state index >= 15 is 0 Å². The van der Waals surface area contributed by atoms with Crippen LogP contribution in [0.2, 0.25) is 0 Å². The zero-order chi connectivity index (χ0) is 16.1. The number of aryl methyl sites for hydroxylation is 1. The van der Waals surface area contributed by atoms with Gasteiger partial charge in [-0.2, -0.15) is 0 Å². The van der Waals surface area contributed by atoms with Crippen molar-refractivity contribution in [3.05, 3.63) is 40.9 Å². The third-order valence-electron chi connectivity index (χ3n) is 2.86. The Balaban J connectivity index is 1.96. The predicted molar refractivity (Wildman–Crippen MR) is 89.3 cm³/mol. The van der Waals surface area contributed by atoms with E-state index in [0.29, 0.717) is 28.7 Å². The second-order valence-electron chi connectivity index (χ2n) is 5.47. The van der Waals surface area contributed by atoms with Crippen LogP contribution in [0, 0.1) is 12.8 Å². The summed E-state index contributed by atoms with van der Waals surface area (Å²) in [6.07, 6.45) is 0.478. The quantitative estimate of drug-likeness (QED) is 0.883. The lowest BCUT2D eigenvalue weighted by Crippen LogP contribution is -2.14. The van der Waals surface area contributed by atoms with E-state index in [4.69, 9.17) is 0 Å². The first kappa shape index (κ1) is 16.2. The minimum Gasteiger partial charge on any atom is -0.326 e. The molecule has 1 heterocycles. The Hall–Kier alpha value is -2.21. The number of aromatic nitrogens is 1. The number of hydrogen-bond acceptors (Lipinski definition) is 4. The Bertz CT molecular complexity index is 662. The molecule has 22 heavy (non-hydrogen) atoms. The number of nitrogens with zero attached hydrogens (tertiary/aromatic N) is 1. The van der Waals surface area contributed by atoms with Crippen molar-refractivity contribution < 1.29 is 9.59 Å². The Morgan fingerprint density at radius 3 is 2.41 bits per heavy atom.